The number of carbonyl (C=O) groups is 1. The van der Waals surface area contributed by atoms with E-state index >= 15 is 0 Å². The van der Waals surface area contributed by atoms with E-state index in [1.165, 1.54) is 0 Å². The largest absolute Gasteiger partial charge is 0.348 e. The van der Waals surface area contributed by atoms with E-state index in [0.29, 0.717) is 18.1 Å². The SMILES string of the molecule is CC(C)(C)NCC(=O)N1CCn2cccc2C1c1ccccc1Cl. The summed E-state index contributed by atoms with van der Waals surface area (Å²) in [7, 11) is 0. The summed E-state index contributed by atoms with van der Waals surface area (Å²) in [6.07, 6.45) is 2.06. The molecule has 1 aliphatic rings. The fraction of sp³-hybridized carbons (Fsp3) is 0.421. The number of rotatable bonds is 3. The van der Waals surface area contributed by atoms with E-state index in [1.807, 2.05) is 35.2 Å². The Hall–Kier alpha value is -1.78. The third kappa shape index (κ3) is 3.50. The second-order valence-electron chi connectivity index (χ2n) is 7.24. The zero-order valence-corrected chi connectivity index (χ0v) is 15.2. The van der Waals surface area contributed by atoms with E-state index in [-0.39, 0.29) is 17.5 Å². The van der Waals surface area contributed by atoms with Crippen LogP contribution in [-0.2, 0) is 11.3 Å². The molecule has 1 aromatic heterocycles. The van der Waals surface area contributed by atoms with E-state index in [9.17, 15) is 4.79 Å². The van der Waals surface area contributed by atoms with Gasteiger partial charge in [0.15, 0.2) is 0 Å². The number of hydrogen-bond donors (Lipinski definition) is 1. The van der Waals surface area contributed by atoms with Gasteiger partial charge in [-0.1, -0.05) is 29.8 Å². The number of carbonyl (C=O) groups excluding carboxylic acids is 1. The Kier molecular flexibility index (Phi) is 4.70. The van der Waals surface area contributed by atoms with Crippen LogP contribution in [0.2, 0.25) is 5.02 Å². The van der Waals surface area contributed by atoms with Gasteiger partial charge in [0.25, 0.3) is 0 Å². The van der Waals surface area contributed by atoms with Crippen molar-refractivity contribution >= 4 is 17.5 Å². The van der Waals surface area contributed by atoms with Gasteiger partial charge in [0.1, 0.15) is 0 Å². The van der Waals surface area contributed by atoms with E-state index in [4.69, 9.17) is 11.6 Å². The molecule has 2 aromatic rings. The van der Waals surface area contributed by atoms with Crippen LogP contribution in [0.1, 0.15) is 38.1 Å². The average Bonchev–Trinajstić information content (AvgIpc) is 3.00. The fourth-order valence-electron chi connectivity index (χ4n) is 3.12. The van der Waals surface area contributed by atoms with Crippen molar-refractivity contribution in [2.45, 2.75) is 38.9 Å². The van der Waals surface area contributed by atoms with Crippen molar-refractivity contribution in [3.63, 3.8) is 0 Å². The van der Waals surface area contributed by atoms with Gasteiger partial charge < -0.3 is 14.8 Å². The molecular formula is C19H24ClN3O. The van der Waals surface area contributed by atoms with Crippen molar-refractivity contribution in [3.05, 3.63) is 58.9 Å². The van der Waals surface area contributed by atoms with E-state index in [0.717, 1.165) is 17.8 Å². The second kappa shape index (κ2) is 6.61. The predicted molar refractivity (Wildman–Crippen MR) is 97.2 cm³/mol. The topological polar surface area (TPSA) is 37.3 Å². The Labute approximate surface area is 148 Å². The molecule has 1 aromatic carbocycles. The first-order valence-electron chi connectivity index (χ1n) is 8.31. The summed E-state index contributed by atoms with van der Waals surface area (Å²) in [5, 5.41) is 3.99. The molecule has 0 aliphatic carbocycles. The number of nitrogens with one attached hydrogen (secondary N) is 1. The molecule has 24 heavy (non-hydrogen) atoms. The van der Waals surface area contributed by atoms with Crippen LogP contribution in [-0.4, -0.2) is 34.0 Å². The quantitative estimate of drug-likeness (QED) is 0.925. The van der Waals surface area contributed by atoms with E-state index in [1.54, 1.807) is 0 Å². The molecule has 0 spiro atoms. The monoisotopic (exact) mass is 345 g/mol. The lowest BCUT2D eigenvalue weighted by molar-refractivity contribution is -0.133. The lowest BCUT2D eigenvalue weighted by atomic mass is 9.99. The average molecular weight is 346 g/mol. The van der Waals surface area contributed by atoms with Gasteiger partial charge in [0.05, 0.1) is 12.6 Å². The molecule has 4 nitrogen and oxygen atoms in total. The molecule has 0 fully saturated rings. The van der Waals surface area contributed by atoms with Gasteiger partial charge in [-0.25, -0.2) is 0 Å². The molecule has 1 N–H and O–H groups in total. The highest BCUT2D eigenvalue weighted by atomic mass is 35.5. The van der Waals surface area contributed by atoms with Crippen LogP contribution in [0.25, 0.3) is 0 Å². The van der Waals surface area contributed by atoms with Crippen molar-refractivity contribution in [2.24, 2.45) is 0 Å². The number of fused-ring (bicyclic) bond motifs is 1. The molecule has 1 aliphatic heterocycles. The van der Waals surface area contributed by atoms with Gasteiger partial charge in [-0.3, -0.25) is 4.79 Å². The Balaban J connectivity index is 1.94. The van der Waals surface area contributed by atoms with Crippen LogP contribution in [0.4, 0.5) is 0 Å². The predicted octanol–water partition coefficient (Wildman–Crippen LogP) is 3.46. The number of hydrogen-bond acceptors (Lipinski definition) is 2. The lowest BCUT2D eigenvalue weighted by Gasteiger charge is -2.38. The highest BCUT2D eigenvalue weighted by Crippen LogP contribution is 2.35. The summed E-state index contributed by atoms with van der Waals surface area (Å²) in [5.74, 6) is 0.0993. The smallest absolute Gasteiger partial charge is 0.237 e. The minimum Gasteiger partial charge on any atom is -0.348 e. The minimum absolute atomic E-state index is 0.0917. The van der Waals surface area contributed by atoms with Gasteiger partial charge in [-0.05, 0) is 44.5 Å². The van der Waals surface area contributed by atoms with Crippen LogP contribution in [0.5, 0.6) is 0 Å². The van der Waals surface area contributed by atoms with Crippen LogP contribution >= 0.6 is 11.6 Å². The number of nitrogens with zero attached hydrogens (tertiary/aromatic N) is 2. The van der Waals surface area contributed by atoms with Crippen LogP contribution in [0, 0.1) is 0 Å². The molecule has 1 atom stereocenters. The van der Waals surface area contributed by atoms with Gasteiger partial charge >= 0.3 is 0 Å². The standard InChI is InChI=1S/C19H24ClN3O/c1-19(2,3)21-13-17(24)23-12-11-22-10-6-9-16(22)18(23)14-7-4-5-8-15(14)20/h4-10,18,21H,11-13H2,1-3H3. The maximum absolute atomic E-state index is 12.9. The summed E-state index contributed by atoms with van der Waals surface area (Å²) < 4.78 is 2.20. The van der Waals surface area contributed by atoms with Crippen LogP contribution in [0.15, 0.2) is 42.6 Å². The fourth-order valence-corrected chi connectivity index (χ4v) is 3.36. The van der Waals surface area contributed by atoms with Gasteiger partial charge in [-0.15, -0.1) is 0 Å². The molecule has 3 rings (SSSR count). The number of amides is 1. The summed E-state index contributed by atoms with van der Waals surface area (Å²) in [4.78, 5) is 14.8. The zero-order valence-electron chi connectivity index (χ0n) is 14.4. The summed E-state index contributed by atoms with van der Waals surface area (Å²) >= 11 is 6.45. The maximum atomic E-state index is 12.9. The molecule has 1 amide bonds. The van der Waals surface area contributed by atoms with E-state index < -0.39 is 0 Å². The summed E-state index contributed by atoms with van der Waals surface area (Å²) in [6, 6.07) is 11.7. The Bertz CT molecular complexity index is 732. The molecule has 128 valence electrons. The van der Waals surface area contributed by atoms with Crippen molar-refractivity contribution in [3.8, 4) is 0 Å². The first-order valence-corrected chi connectivity index (χ1v) is 8.68. The highest BCUT2D eigenvalue weighted by molar-refractivity contribution is 6.31. The number of halogens is 1. The minimum atomic E-state index is -0.142. The third-order valence-electron chi connectivity index (χ3n) is 4.33. The van der Waals surface area contributed by atoms with E-state index in [2.05, 4.69) is 42.9 Å². The Morgan fingerprint density at radius 3 is 2.67 bits per heavy atom. The van der Waals surface area contributed by atoms with Crippen LogP contribution in [0.3, 0.4) is 0 Å². The Morgan fingerprint density at radius 2 is 1.96 bits per heavy atom. The highest BCUT2D eigenvalue weighted by Gasteiger charge is 2.33. The molecular weight excluding hydrogens is 322 g/mol. The Morgan fingerprint density at radius 1 is 1.21 bits per heavy atom. The lowest BCUT2D eigenvalue weighted by Crippen LogP contribution is -2.49. The summed E-state index contributed by atoms with van der Waals surface area (Å²) in [5.41, 5.74) is 1.99. The first-order chi connectivity index (χ1) is 11.4. The third-order valence-corrected chi connectivity index (χ3v) is 4.67. The molecule has 0 bridgehead atoms. The molecule has 2 heterocycles. The van der Waals surface area contributed by atoms with Crippen molar-refractivity contribution < 1.29 is 4.79 Å². The van der Waals surface area contributed by atoms with Crippen molar-refractivity contribution in [1.29, 1.82) is 0 Å². The van der Waals surface area contributed by atoms with Gasteiger partial charge in [0, 0.05) is 35.5 Å². The first kappa shape index (κ1) is 17.1. The molecule has 0 radical (unpaired) electrons. The normalized spacial score (nSPS) is 17.7. The molecule has 0 saturated heterocycles. The number of benzene rings is 1. The van der Waals surface area contributed by atoms with Crippen LogP contribution < -0.4 is 5.32 Å². The zero-order chi connectivity index (χ0) is 17.3. The summed E-state index contributed by atoms with van der Waals surface area (Å²) in [6.45, 7) is 8.01. The van der Waals surface area contributed by atoms with Gasteiger partial charge in [0.2, 0.25) is 5.91 Å². The van der Waals surface area contributed by atoms with Crippen molar-refractivity contribution in [1.82, 2.24) is 14.8 Å². The van der Waals surface area contributed by atoms with Crippen molar-refractivity contribution in [2.75, 3.05) is 13.1 Å². The second-order valence-corrected chi connectivity index (χ2v) is 7.65. The maximum Gasteiger partial charge on any atom is 0.237 e. The number of aromatic nitrogens is 1. The molecule has 0 saturated carbocycles. The molecule has 1 unspecified atom stereocenters. The van der Waals surface area contributed by atoms with Gasteiger partial charge in [-0.2, -0.15) is 0 Å². The molecule has 5 heteroatoms.